The molecule has 0 radical (unpaired) electrons. The highest BCUT2D eigenvalue weighted by molar-refractivity contribution is 7.89. The molecule has 2 aromatic rings. The molecule has 0 bridgehead atoms. The molecule has 1 unspecified atom stereocenters. The van der Waals surface area contributed by atoms with Crippen LogP contribution in [0.4, 0.5) is 5.69 Å². The molecule has 1 aliphatic rings. The molecule has 0 aromatic heterocycles. The number of sulfonamides is 1. The van der Waals surface area contributed by atoms with Crippen molar-refractivity contribution in [1.82, 2.24) is 4.31 Å². The Morgan fingerprint density at radius 2 is 1.88 bits per heavy atom. The van der Waals surface area contributed by atoms with Crippen molar-refractivity contribution in [3.8, 4) is 0 Å². The van der Waals surface area contributed by atoms with Crippen LogP contribution in [0.2, 0.25) is 0 Å². The Balaban J connectivity index is 1.67. The number of benzene rings is 2. The predicted octanol–water partition coefficient (Wildman–Crippen LogP) is 2.73. The molecule has 0 aliphatic carbocycles. The smallest absolute Gasteiger partial charge is 0.325 e. The van der Waals surface area contributed by atoms with Crippen LogP contribution in [0.3, 0.4) is 0 Å². The van der Waals surface area contributed by atoms with Crippen molar-refractivity contribution in [2.24, 2.45) is 0 Å². The average molecular weight is 475 g/mol. The van der Waals surface area contributed by atoms with Crippen molar-refractivity contribution in [2.45, 2.75) is 57.1 Å². The van der Waals surface area contributed by atoms with E-state index in [2.05, 4.69) is 5.32 Å². The van der Waals surface area contributed by atoms with Crippen molar-refractivity contribution < 1.29 is 27.9 Å². The highest BCUT2D eigenvalue weighted by atomic mass is 32.2. The van der Waals surface area contributed by atoms with Crippen LogP contribution >= 0.6 is 0 Å². The van der Waals surface area contributed by atoms with E-state index in [9.17, 15) is 23.1 Å². The molecule has 1 heterocycles. The second-order valence-corrected chi connectivity index (χ2v) is 10.6. The highest BCUT2D eigenvalue weighted by Gasteiger charge is 2.44. The average Bonchev–Trinajstić information content (AvgIpc) is 3.16. The second-order valence-electron chi connectivity index (χ2n) is 8.66. The third kappa shape index (κ3) is 5.79. The summed E-state index contributed by atoms with van der Waals surface area (Å²) in [7, 11) is -4.03. The predicted molar refractivity (Wildman–Crippen MR) is 124 cm³/mol. The SMILES string of the molecule is Cc1ccc(S(=O)(=O)N2CC(O)C[C@H]2C(=O)OCC(=O)Nc2cccc(C(C)C)c2)cc1C. The van der Waals surface area contributed by atoms with Gasteiger partial charge in [-0.15, -0.1) is 0 Å². The Morgan fingerprint density at radius 1 is 1.15 bits per heavy atom. The number of carbonyl (C=O) groups excluding carboxylic acids is 2. The molecule has 0 spiro atoms. The summed E-state index contributed by atoms with van der Waals surface area (Å²) in [4.78, 5) is 25.0. The van der Waals surface area contributed by atoms with Crippen molar-refractivity contribution >= 4 is 27.6 Å². The summed E-state index contributed by atoms with van der Waals surface area (Å²) < 4.78 is 32.4. The molecule has 33 heavy (non-hydrogen) atoms. The third-order valence-corrected chi connectivity index (χ3v) is 7.64. The lowest BCUT2D eigenvalue weighted by atomic mass is 10.0. The number of anilines is 1. The van der Waals surface area contributed by atoms with Crippen molar-refractivity contribution in [3.05, 3.63) is 59.2 Å². The number of nitrogens with zero attached hydrogens (tertiary/aromatic N) is 1. The van der Waals surface area contributed by atoms with E-state index in [1.54, 1.807) is 19.1 Å². The maximum absolute atomic E-state index is 13.2. The zero-order chi connectivity index (χ0) is 24.3. The number of hydrogen-bond acceptors (Lipinski definition) is 6. The van der Waals surface area contributed by atoms with Crippen LogP contribution in [-0.4, -0.2) is 55.0 Å². The fraction of sp³-hybridized carbons (Fsp3) is 0.417. The van der Waals surface area contributed by atoms with Gasteiger partial charge in [-0.3, -0.25) is 9.59 Å². The van der Waals surface area contributed by atoms with Gasteiger partial charge in [0.25, 0.3) is 5.91 Å². The molecule has 1 saturated heterocycles. The van der Waals surface area contributed by atoms with E-state index in [1.165, 1.54) is 12.1 Å². The van der Waals surface area contributed by atoms with Crippen LogP contribution in [0, 0.1) is 13.8 Å². The number of β-amino-alcohol motifs (C(OH)–C–C–N with tert-alkyl or cyclic N) is 1. The quantitative estimate of drug-likeness (QED) is 0.597. The summed E-state index contributed by atoms with van der Waals surface area (Å²) in [6, 6.07) is 10.9. The maximum Gasteiger partial charge on any atom is 0.325 e. The lowest BCUT2D eigenvalue weighted by Gasteiger charge is -2.22. The van der Waals surface area contributed by atoms with Gasteiger partial charge in [-0.2, -0.15) is 4.31 Å². The van der Waals surface area contributed by atoms with Crippen molar-refractivity contribution in [3.63, 3.8) is 0 Å². The molecule has 3 rings (SSSR count). The Bertz CT molecular complexity index is 1150. The fourth-order valence-corrected chi connectivity index (χ4v) is 5.39. The largest absolute Gasteiger partial charge is 0.454 e. The lowest BCUT2D eigenvalue weighted by molar-refractivity contribution is -0.150. The van der Waals surface area contributed by atoms with Crippen molar-refractivity contribution in [2.75, 3.05) is 18.5 Å². The van der Waals surface area contributed by atoms with Gasteiger partial charge in [0.05, 0.1) is 11.0 Å². The van der Waals surface area contributed by atoms with E-state index >= 15 is 0 Å². The molecule has 8 nitrogen and oxygen atoms in total. The zero-order valence-corrected chi connectivity index (χ0v) is 20.1. The minimum atomic E-state index is -4.03. The molecule has 178 valence electrons. The maximum atomic E-state index is 13.2. The van der Waals surface area contributed by atoms with Gasteiger partial charge >= 0.3 is 5.97 Å². The number of nitrogens with one attached hydrogen (secondary N) is 1. The van der Waals surface area contributed by atoms with Crippen LogP contribution in [0.15, 0.2) is 47.4 Å². The van der Waals surface area contributed by atoms with E-state index in [1.807, 2.05) is 39.0 Å². The molecule has 2 N–H and O–H groups in total. The third-order valence-electron chi connectivity index (χ3n) is 5.77. The summed E-state index contributed by atoms with van der Waals surface area (Å²) in [5.74, 6) is -1.12. The summed E-state index contributed by atoms with van der Waals surface area (Å²) in [5, 5.41) is 12.8. The number of hydrogen-bond donors (Lipinski definition) is 2. The van der Waals surface area contributed by atoms with Gasteiger partial charge < -0.3 is 15.2 Å². The van der Waals surface area contributed by atoms with Gasteiger partial charge in [-0.05, 0) is 60.7 Å². The summed E-state index contributed by atoms with van der Waals surface area (Å²) in [5.41, 5.74) is 3.37. The van der Waals surface area contributed by atoms with Crippen LogP contribution < -0.4 is 5.32 Å². The minimum Gasteiger partial charge on any atom is -0.454 e. The van der Waals surface area contributed by atoms with E-state index in [0.717, 1.165) is 21.0 Å². The molecule has 0 saturated carbocycles. The Labute approximate surface area is 194 Å². The van der Waals surface area contributed by atoms with Crippen molar-refractivity contribution in [1.29, 1.82) is 0 Å². The van der Waals surface area contributed by atoms with Gasteiger partial charge in [-0.25, -0.2) is 8.42 Å². The van der Waals surface area contributed by atoms with Gasteiger partial charge in [-0.1, -0.05) is 32.0 Å². The molecular weight excluding hydrogens is 444 g/mol. The monoisotopic (exact) mass is 474 g/mol. The van der Waals surface area contributed by atoms with Crippen LogP contribution in [0.5, 0.6) is 0 Å². The second kappa shape index (κ2) is 10.0. The summed E-state index contributed by atoms with van der Waals surface area (Å²) >= 11 is 0. The molecule has 1 amide bonds. The Kier molecular flexibility index (Phi) is 7.56. The van der Waals surface area contributed by atoms with Gasteiger partial charge in [0.2, 0.25) is 10.0 Å². The highest BCUT2D eigenvalue weighted by Crippen LogP contribution is 2.28. The zero-order valence-electron chi connectivity index (χ0n) is 19.2. The molecule has 2 atom stereocenters. The molecule has 1 aliphatic heterocycles. The first-order chi connectivity index (χ1) is 15.5. The number of esters is 1. The fourth-order valence-electron chi connectivity index (χ4n) is 3.68. The van der Waals surface area contributed by atoms with E-state index in [-0.39, 0.29) is 17.9 Å². The molecular formula is C24H30N2O6S. The number of aliphatic hydroxyl groups excluding tert-OH is 1. The standard InChI is InChI=1S/C24H30N2O6S/c1-15(2)18-6-5-7-19(11-18)25-23(28)14-32-24(29)22-12-20(27)13-26(22)33(30,31)21-9-8-16(3)17(4)10-21/h5-11,15,20,22,27H,12-14H2,1-4H3,(H,25,28)/t20?,22-/m0/s1. The molecule has 1 fully saturated rings. The number of aliphatic hydroxyl groups is 1. The van der Waals surface area contributed by atoms with E-state index < -0.39 is 40.7 Å². The molecule has 2 aromatic carbocycles. The normalized spacial score (nSPS) is 19.0. The van der Waals surface area contributed by atoms with Gasteiger partial charge in [0.15, 0.2) is 6.61 Å². The topological polar surface area (TPSA) is 113 Å². The van der Waals surface area contributed by atoms with Crippen LogP contribution in [0.1, 0.15) is 42.9 Å². The lowest BCUT2D eigenvalue weighted by Crippen LogP contribution is -2.42. The van der Waals surface area contributed by atoms with Crippen LogP contribution in [0.25, 0.3) is 0 Å². The number of rotatable bonds is 7. The Hall–Kier alpha value is -2.75. The first-order valence-corrected chi connectivity index (χ1v) is 12.3. The van der Waals surface area contributed by atoms with E-state index in [0.29, 0.717) is 11.6 Å². The number of aryl methyl sites for hydroxylation is 2. The number of carbonyl (C=O) groups is 2. The molecule has 9 heteroatoms. The summed E-state index contributed by atoms with van der Waals surface area (Å²) in [6.07, 6.45) is -1.10. The first kappa shape index (κ1) is 24.9. The summed E-state index contributed by atoms with van der Waals surface area (Å²) in [6.45, 7) is 6.97. The minimum absolute atomic E-state index is 0.0419. The first-order valence-electron chi connectivity index (χ1n) is 10.8. The van der Waals surface area contributed by atoms with Gasteiger partial charge in [0, 0.05) is 18.7 Å². The number of amides is 1. The number of ether oxygens (including phenoxy) is 1. The Morgan fingerprint density at radius 3 is 2.55 bits per heavy atom. The van der Waals surface area contributed by atoms with Crippen LogP contribution in [-0.2, 0) is 24.3 Å². The van der Waals surface area contributed by atoms with Gasteiger partial charge in [0.1, 0.15) is 6.04 Å². The van der Waals surface area contributed by atoms with E-state index in [4.69, 9.17) is 4.74 Å².